The largest absolute Gasteiger partial charge is 0.456 e. The molecule has 0 aliphatic carbocycles. The van der Waals surface area contributed by atoms with Gasteiger partial charge in [0.2, 0.25) is 5.91 Å². The molecule has 6 nitrogen and oxygen atoms in total. The van der Waals surface area contributed by atoms with Crippen LogP contribution in [0.4, 0.5) is 5.82 Å². The summed E-state index contributed by atoms with van der Waals surface area (Å²) in [5.41, 5.74) is 1.55. The molecule has 1 fully saturated rings. The second-order valence-electron chi connectivity index (χ2n) is 7.83. The molecule has 0 bridgehead atoms. The molecule has 1 N–H and O–H groups in total. The number of hydrogen-bond donors (Lipinski definition) is 1. The van der Waals surface area contributed by atoms with E-state index in [1.807, 2.05) is 49.4 Å². The number of nitrogens with zero attached hydrogens (tertiary/aromatic N) is 2. The number of amides is 2. The van der Waals surface area contributed by atoms with Crippen LogP contribution in [-0.2, 0) is 4.79 Å². The monoisotopic (exact) mass is 493 g/mol. The predicted octanol–water partition coefficient (Wildman–Crippen LogP) is 5.44. The smallest absolute Gasteiger partial charge is 0.257 e. The van der Waals surface area contributed by atoms with Crippen LogP contribution in [0.1, 0.15) is 28.8 Å². The zero-order chi connectivity index (χ0) is 22.5. The lowest BCUT2D eigenvalue weighted by atomic mass is 9.95. The number of halogens is 1. The van der Waals surface area contributed by atoms with Gasteiger partial charge in [-0.3, -0.25) is 9.59 Å². The lowest BCUT2D eigenvalue weighted by Crippen LogP contribution is -2.41. The lowest BCUT2D eigenvalue weighted by Gasteiger charge is -2.31. The number of benzene rings is 2. The summed E-state index contributed by atoms with van der Waals surface area (Å²) in [7, 11) is 0. The van der Waals surface area contributed by atoms with Crippen LogP contribution < -0.4 is 10.1 Å². The molecular weight excluding hydrogens is 470 g/mol. The van der Waals surface area contributed by atoms with Gasteiger partial charge in [0, 0.05) is 29.7 Å². The lowest BCUT2D eigenvalue weighted by molar-refractivity contribution is -0.121. The van der Waals surface area contributed by atoms with E-state index in [4.69, 9.17) is 4.74 Å². The molecule has 0 saturated carbocycles. The number of likely N-dealkylation sites (tertiary alicyclic amines) is 1. The van der Waals surface area contributed by atoms with Gasteiger partial charge in [0.25, 0.3) is 5.91 Å². The van der Waals surface area contributed by atoms with Gasteiger partial charge in [-0.1, -0.05) is 40.2 Å². The molecule has 7 heteroatoms. The average Bonchev–Trinajstić information content (AvgIpc) is 2.81. The minimum atomic E-state index is -0.143. The van der Waals surface area contributed by atoms with Crippen molar-refractivity contribution in [3.05, 3.63) is 82.5 Å². The first-order chi connectivity index (χ1) is 15.5. The van der Waals surface area contributed by atoms with Crippen LogP contribution >= 0.6 is 15.9 Å². The highest BCUT2D eigenvalue weighted by atomic mass is 79.9. The van der Waals surface area contributed by atoms with Gasteiger partial charge < -0.3 is 15.0 Å². The molecule has 0 unspecified atom stereocenters. The summed E-state index contributed by atoms with van der Waals surface area (Å²) in [6.45, 7) is 2.99. The van der Waals surface area contributed by atoms with Crippen LogP contribution in [-0.4, -0.2) is 34.8 Å². The minimum absolute atomic E-state index is 0.0492. The third kappa shape index (κ3) is 5.34. The Bertz CT molecular complexity index is 1110. The molecule has 1 aliphatic rings. The highest BCUT2D eigenvalue weighted by Crippen LogP contribution is 2.29. The summed E-state index contributed by atoms with van der Waals surface area (Å²) in [5.74, 6) is 1.44. The predicted molar refractivity (Wildman–Crippen MR) is 127 cm³/mol. The van der Waals surface area contributed by atoms with Gasteiger partial charge in [-0.15, -0.1) is 0 Å². The maximum atomic E-state index is 13.2. The second-order valence-corrected chi connectivity index (χ2v) is 8.75. The number of anilines is 1. The second kappa shape index (κ2) is 9.96. The standard InChI is InChI=1S/C25H24BrN3O3/c1-17-9-10-23(27-16-17)28-24(30)18-11-13-29(14-12-18)25(31)21-7-2-3-8-22(21)32-20-6-4-5-19(26)15-20/h2-10,15-16,18H,11-14H2,1H3,(H,27,28,30). The molecule has 1 aromatic heterocycles. The topological polar surface area (TPSA) is 71.5 Å². The van der Waals surface area contributed by atoms with Crippen LogP contribution in [0.3, 0.4) is 0 Å². The van der Waals surface area contributed by atoms with Crippen LogP contribution in [0.2, 0.25) is 0 Å². The molecule has 1 saturated heterocycles. The zero-order valence-corrected chi connectivity index (χ0v) is 19.3. The maximum Gasteiger partial charge on any atom is 0.257 e. The first-order valence-corrected chi connectivity index (χ1v) is 11.3. The summed E-state index contributed by atoms with van der Waals surface area (Å²) in [5, 5.41) is 2.88. The number of nitrogens with one attached hydrogen (secondary N) is 1. The number of hydrogen-bond acceptors (Lipinski definition) is 4. The van der Waals surface area contributed by atoms with Crippen molar-refractivity contribution >= 4 is 33.6 Å². The Morgan fingerprint density at radius 1 is 1.06 bits per heavy atom. The highest BCUT2D eigenvalue weighted by Gasteiger charge is 2.29. The van der Waals surface area contributed by atoms with Crippen molar-refractivity contribution in [3.63, 3.8) is 0 Å². The SMILES string of the molecule is Cc1ccc(NC(=O)C2CCN(C(=O)c3ccccc3Oc3cccc(Br)c3)CC2)nc1. The van der Waals surface area contributed by atoms with Crippen LogP contribution in [0.5, 0.6) is 11.5 Å². The molecule has 2 amide bonds. The number of carbonyl (C=O) groups excluding carboxylic acids is 2. The number of pyridine rings is 1. The number of aromatic nitrogens is 1. The third-order valence-corrected chi connectivity index (χ3v) is 5.95. The van der Waals surface area contributed by atoms with E-state index in [9.17, 15) is 9.59 Å². The van der Waals surface area contributed by atoms with Gasteiger partial charge in [0.05, 0.1) is 5.56 Å². The van der Waals surface area contributed by atoms with E-state index in [1.165, 1.54) is 0 Å². The fourth-order valence-corrected chi connectivity index (χ4v) is 4.05. The van der Waals surface area contributed by atoms with Crippen molar-refractivity contribution in [2.45, 2.75) is 19.8 Å². The molecule has 3 aromatic rings. The summed E-state index contributed by atoms with van der Waals surface area (Å²) < 4.78 is 6.89. The quantitative estimate of drug-likeness (QED) is 0.513. The van der Waals surface area contributed by atoms with Crippen molar-refractivity contribution in [1.82, 2.24) is 9.88 Å². The van der Waals surface area contributed by atoms with Gasteiger partial charge in [0.1, 0.15) is 17.3 Å². The number of rotatable bonds is 5. The highest BCUT2D eigenvalue weighted by molar-refractivity contribution is 9.10. The summed E-state index contributed by atoms with van der Waals surface area (Å²) >= 11 is 3.43. The molecule has 1 aliphatic heterocycles. The van der Waals surface area contributed by atoms with E-state index in [0.29, 0.717) is 48.8 Å². The zero-order valence-electron chi connectivity index (χ0n) is 17.8. The van der Waals surface area contributed by atoms with Crippen molar-refractivity contribution in [3.8, 4) is 11.5 Å². The van der Waals surface area contributed by atoms with Crippen molar-refractivity contribution in [1.29, 1.82) is 0 Å². The fourth-order valence-electron chi connectivity index (χ4n) is 3.67. The van der Waals surface area contributed by atoms with Crippen LogP contribution in [0, 0.1) is 12.8 Å². The molecule has 2 heterocycles. The Morgan fingerprint density at radius 3 is 2.56 bits per heavy atom. The van der Waals surface area contributed by atoms with E-state index in [0.717, 1.165) is 10.0 Å². The van der Waals surface area contributed by atoms with Gasteiger partial charge in [-0.2, -0.15) is 0 Å². The molecular formula is C25H24BrN3O3. The number of para-hydroxylation sites is 1. The minimum Gasteiger partial charge on any atom is -0.456 e. The van der Waals surface area contributed by atoms with Crippen molar-refractivity contribution < 1.29 is 14.3 Å². The average molecular weight is 494 g/mol. The summed E-state index contributed by atoms with van der Waals surface area (Å²) in [6.07, 6.45) is 2.95. The van der Waals surface area contributed by atoms with E-state index in [-0.39, 0.29) is 17.7 Å². The Labute approximate surface area is 195 Å². The number of aryl methyl sites for hydroxylation is 1. The number of piperidine rings is 1. The molecule has 32 heavy (non-hydrogen) atoms. The van der Waals surface area contributed by atoms with Crippen molar-refractivity contribution in [2.75, 3.05) is 18.4 Å². The summed E-state index contributed by atoms with van der Waals surface area (Å²) in [4.78, 5) is 31.8. The maximum absolute atomic E-state index is 13.2. The van der Waals surface area contributed by atoms with Crippen LogP contribution in [0.15, 0.2) is 71.3 Å². The van der Waals surface area contributed by atoms with Gasteiger partial charge in [0.15, 0.2) is 0 Å². The molecule has 0 atom stereocenters. The van der Waals surface area contributed by atoms with Gasteiger partial charge in [-0.05, 0) is 61.7 Å². The fraction of sp³-hybridized carbons (Fsp3) is 0.240. The van der Waals surface area contributed by atoms with Crippen LogP contribution in [0.25, 0.3) is 0 Å². The van der Waals surface area contributed by atoms with Crippen molar-refractivity contribution in [2.24, 2.45) is 5.92 Å². The third-order valence-electron chi connectivity index (χ3n) is 5.46. The Balaban J connectivity index is 1.38. The first kappa shape index (κ1) is 22.0. The first-order valence-electron chi connectivity index (χ1n) is 10.5. The molecule has 0 radical (unpaired) electrons. The van der Waals surface area contributed by atoms with E-state index in [1.54, 1.807) is 29.3 Å². The van der Waals surface area contributed by atoms with Gasteiger partial charge in [-0.25, -0.2) is 4.98 Å². The molecule has 2 aromatic carbocycles. The Kier molecular flexibility index (Phi) is 6.85. The van der Waals surface area contributed by atoms with E-state index >= 15 is 0 Å². The number of carbonyl (C=O) groups is 2. The normalized spacial score (nSPS) is 14.1. The molecule has 4 rings (SSSR count). The molecule has 0 spiro atoms. The van der Waals surface area contributed by atoms with E-state index < -0.39 is 0 Å². The van der Waals surface area contributed by atoms with E-state index in [2.05, 4.69) is 26.2 Å². The van der Waals surface area contributed by atoms with Gasteiger partial charge >= 0.3 is 0 Å². The Hall–Kier alpha value is -3.19. The number of ether oxygens (including phenoxy) is 1. The Morgan fingerprint density at radius 2 is 1.84 bits per heavy atom. The summed E-state index contributed by atoms with van der Waals surface area (Å²) in [6, 6.07) is 18.5. The molecule has 164 valence electrons.